The summed E-state index contributed by atoms with van der Waals surface area (Å²) in [4.78, 5) is 6.76. The van der Waals surface area contributed by atoms with Gasteiger partial charge in [-0.25, -0.2) is 9.67 Å². The molecule has 1 aromatic carbocycles. The van der Waals surface area contributed by atoms with Crippen LogP contribution in [0.5, 0.6) is 0 Å². The first kappa shape index (κ1) is 11.3. The van der Waals surface area contributed by atoms with E-state index < -0.39 is 0 Å². The van der Waals surface area contributed by atoms with Crippen LogP contribution in [0.2, 0.25) is 0 Å². The van der Waals surface area contributed by atoms with E-state index in [2.05, 4.69) is 54.1 Å². The van der Waals surface area contributed by atoms with Gasteiger partial charge in [0.15, 0.2) is 5.82 Å². The van der Waals surface area contributed by atoms with Crippen LogP contribution < -0.4 is 4.90 Å². The molecule has 3 rings (SSSR count). The van der Waals surface area contributed by atoms with Gasteiger partial charge in [-0.15, -0.1) is 0 Å². The summed E-state index contributed by atoms with van der Waals surface area (Å²) in [6.45, 7) is 7.21. The molecule has 0 radical (unpaired) electrons. The summed E-state index contributed by atoms with van der Waals surface area (Å²) in [7, 11) is 2.12. The van der Waals surface area contributed by atoms with E-state index >= 15 is 0 Å². The van der Waals surface area contributed by atoms with Crippen molar-refractivity contribution in [2.45, 2.75) is 33.2 Å². The Morgan fingerprint density at radius 2 is 2.06 bits per heavy atom. The number of anilines is 1. The Morgan fingerprint density at radius 1 is 1.28 bits per heavy atom. The van der Waals surface area contributed by atoms with E-state index in [9.17, 15) is 0 Å². The zero-order valence-corrected chi connectivity index (χ0v) is 11.3. The number of para-hydroxylation sites is 1. The van der Waals surface area contributed by atoms with Gasteiger partial charge in [-0.3, -0.25) is 0 Å². The molecule has 0 saturated carbocycles. The van der Waals surface area contributed by atoms with Crippen LogP contribution in [0.15, 0.2) is 18.2 Å². The molecule has 0 aliphatic carbocycles. The predicted octanol–water partition coefficient (Wildman–Crippen LogP) is 2.65. The van der Waals surface area contributed by atoms with Gasteiger partial charge in [-0.05, 0) is 24.5 Å². The minimum atomic E-state index is 0.508. The summed E-state index contributed by atoms with van der Waals surface area (Å²) >= 11 is 0. The molecule has 0 saturated heterocycles. The lowest BCUT2D eigenvalue weighted by Gasteiger charge is -2.30. The third-order valence-electron chi connectivity index (χ3n) is 3.44. The summed E-state index contributed by atoms with van der Waals surface area (Å²) < 4.78 is 1.98. The van der Waals surface area contributed by atoms with Crippen molar-refractivity contribution in [1.82, 2.24) is 14.8 Å². The Bertz CT molecular complexity index is 598. The van der Waals surface area contributed by atoms with Gasteiger partial charge >= 0.3 is 0 Å². The van der Waals surface area contributed by atoms with E-state index in [4.69, 9.17) is 0 Å². The van der Waals surface area contributed by atoms with Gasteiger partial charge in [-0.2, -0.15) is 5.10 Å². The Balaban J connectivity index is 2.28. The van der Waals surface area contributed by atoms with Crippen molar-refractivity contribution in [2.24, 2.45) is 0 Å². The molecule has 2 heterocycles. The molecule has 4 nitrogen and oxygen atoms in total. The SMILES string of the molecule is Cc1nc2n(n1)-c1cccc(C(C)C)c1N(C)C2. The van der Waals surface area contributed by atoms with Crippen LogP contribution in [-0.4, -0.2) is 21.8 Å². The zero-order valence-electron chi connectivity index (χ0n) is 11.3. The van der Waals surface area contributed by atoms with Crippen LogP contribution in [0.25, 0.3) is 5.69 Å². The van der Waals surface area contributed by atoms with Crippen LogP contribution in [0.4, 0.5) is 5.69 Å². The van der Waals surface area contributed by atoms with Gasteiger partial charge < -0.3 is 4.90 Å². The van der Waals surface area contributed by atoms with Gasteiger partial charge in [0.25, 0.3) is 0 Å². The highest BCUT2D eigenvalue weighted by Gasteiger charge is 2.25. The maximum absolute atomic E-state index is 4.51. The fourth-order valence-electron chi connectivity index (χ4n) is 2.65. The van der Waals surface area contributed by atoms with Crippen LogP contribution in [0, 0.1) is 6.92 Å². The average Bonchev–Trinajstić information content (AvgIpc) is 2.69. The van der Waals surface area contributed by atoms with Crippen molar-refractivity contribution < 1.29 is 0 Å². The highest BCUT2D eigenvalue weighted by atomic mass is 15.4. The summed E-state index contributed by atoms with van der Waals surface area (Å²) in [5.74, 6) is 2.36. The van der Waals surface area contributed by atoms with E-state index in [1.165, 1.54) is 11.3 Å². The van der Waals surface area contributed by atoms with E-state index in [0.29, 0.717) is 5.92 Å². The van der Waals surface area contributed by atoms with Gasteiger partial charge in [0.05, 0.1) is 17.9 Å². The summed E-state index contributed by atoms with van der Waals surface area (Å²) in [6, 6.07) is 6.43. The number of hydrogen-bond acceptors (Lipinski definition) is 3. The fourth-order valence-corrected chi connectivity index (χ4v) is 2.65. The van der Waals surface area contributed by atoms with Crippen molar-refractivity contribution >= 4 is 5.69 Å². The molecule has 0 N–H and O–H groups in total. The second-order valence-electron chi connectivity index (χ2n) is 5.21. The molecular weight excluding hydrogens is 224 g/mol. The maximum Gasteiger partial charge on any atom is 0.152 e. The van der Waals surface area contributed by atoms with Gasteiger partial charge in [0, 0.05) is 7.05 Å². The number of rotatable bonds is 1. The molecule has 0 spiro atoms. The molecule has 0 atom stereocenters. The highest BCUT2D eigenvalue weighted by molar-refractivity contribution is 5.69. The van der Waals surface area contributed by atoms with E-state index in [1.54, 1.807) is 0 Å². The second kappa shape index (κ2) is 3.83. The number of aryl methyl sites for hydroxylation is 1. The monoisotopic (exact) mass is 242 g/mol. The minimum absolute atomic E-state index is 0.508. The van der Waals surface area contributed by atoms with Crippen molar-refractivity contribution in [3.8, 4) is 5.69 Å². The maximum atomic E-state index is 4.51. The van der Waals surface area contributed by atoms with Gasteiger partial charge in [-0.1, -0.05) is 26.0 Å². The number of aromatic nitrogens is 3. The highest BCUT2D eigenvalue weighted by Crippen LogP contribution is 2.36. The smallest absolute Gasteiger partial charge is 0.152 e. The molecule has 18 heavy (non-hydrogen) atoms. The molecule has 1 aromatic heterocycles. The first-order valence-electron chi connectivity index (χ1n) is 6.35. The van der Waals surface area contributed by atoms with Gasteiger partial charge in [0.1, 0.15) is 5.82 Å². The molecule has 2 aromatic rings. The lowest BCUT2D eigenvalue weighted by molar-refractivity contribution is 0.712. The van der Waals surface area contributed by atoms with Crippen molar-refractivity contribution in [3.63, 3.8) is 0 Å². The zero-order chi connectivity index (χ0) is 12.9. The van der Waals surface area contributed by atoms with E-state index in [-0.39, 0.29) is 0 Å². The van der Waals surface area contributed by atoms with Crippen LogP contribution in [0.3, 0.4) is 0 Å². The predicted molar refractivity (Wildman–Crippen MR) is 72.3 cm³/mol. The molecule has 0 amide bonds. The van der Waals surface area contributed by atoms with Crippen LogP contribution in [-0.2, 0) is 6.54 Å². The molecule has 4 heteroatoms. The minimum Gasteiger partial charge on any atom is -0.365 e. The van der Waals surface area contributed by atoms with Crippen molar-refractivity contribution in [2.75, 3.05) is 11.9 Å². The van der Waals surface area contributed by atoms with Crippen molar-refractivity contribution in [3.05, 3.63) is 35.4 Å². The molecular formula is C14H18N4. The normalized spacial score (nSPS) is 13.7. The summed E-state index contributed by atoms with van der Waals surface area (Å²) in [6.07, 6.45) is 0. The number of fused-ring (bicyclic) bond motifs is 3. The van der Waals surface area contributed by atoms with Crippen LogP contribution in [0.1, 0.15) is 37.0 Å². The quantitative estimate of drug-likeness (QED) is 0.771. The first-order chi connectivity index (χ1) is 8.58. The fraction of sp³-hybridized carbons (Fsp3) is 0.429. The second-order valence-corrected chi connectivity index (χ2v) is 5.21. The molecule has 0 unspecified atom stereocenters. The lowest BCUT2D eigenvalue weighted by Crippen LogP contribution is -2.27. The summed E-state index contributed by atoms with van der Waals surface area (Å²) in [5, 5.41) is 4.51. The largest absolute Gasteiger partial charge is 0.365 e. The molecule has 0 fully saturated rings. The van der Waals surface area contributed by atoms with Crippen molar-refractivity contribution in [1.29, 1.82) is 0 Å². The number of hydrogen-bond donors (Lipinski definition) is 0. The standard InChI is InChI=1S/C14H18N4/c1-9(2)11-6-5-7-12-14(11)17(4)8-13-15-10(3)16-18(12)13/h5-7,9H,8H2,1-4H3. The first-order valence-corrected chi connectivity index (χ1v) is 6.35. The molecule has 94 valence electrons. The van der Waals surface area contributed by atoms with E-state index in [1.807, 2.05) is 11.6 Å². The van der Waals surface area contributed by atoms with Gasteiger partial charge in [0.2, 0.25) is 0 Å². The lowest BCUT2D eigenvalue weighted by atomic mass is 9.98. The number of benzene rings is 1. The van der Waals surface area contributed by atoms with E-state index in [0.717, 1.165) is 23.9 Å². The van der Waals surface area contributed by atoms with Crippen LogP contribution >= 0.6 is 0 Å². The third-order valence-corrected chi connectivity index (χ3v) is 3.44. The summed E-state index contributed by atoms with van der Waals surface area (Å²) in [5.41, 5.74) is 3.80. The third kappa shape index (κ3) is 1.52. The Kier molecular flexibility index (Phi) is 2.40. The Hall–Kier alpha value is -1.84. The Labute approximate surface area is 107 Å². The molecule has 0 bridgehead atoms. The Morgan fingerprint density at radius 3 is 2.78 bits per heavy atom. The topological polar surface area (TPSA) is 34.0 Å². The average molecular weight is 242 g/mol. The molecule has 1 aliphatic heterocycles. The molecule has 1 aliphatic rings. The number of nitrogens with zero attached hydrogens (tertiary/aromatic N) is 4.